The molecule has 0 unspecified atom stereocenters. The van der Waals surface area contributed by atoms with Crippen LogP contribution in [0.1, 0.15) is 142 Å². The molecular formula is C40H67N. The van der Waals surface area contributed by atoms with Crippen molar-refractivity contribution >= 4 is 0 Å². The summed E-state index contributed by atoms with van der Waals surface area (Å²) in [7, 11) is 0. The van der Waals surface area contributed by atoms with Crippen LogP contribution in [-0.4, -0.2) is 13.1 Å². The minimum absolute atomic E-state index is 1.05. The zero-order valence-corrected chi connectivity index (χ0v) is 27.3. The van der Waals surface area contributed by atoms with Crippen LogP contribution in [0.15, 0.2) is 97.2 Å². The Morgan fingerprint density at radius 3 is 0.805 bits per heavy atom. The van der Waals surface area contributed by atoms with Crippen molar-refractivity contribution in [2.24, 2.45) is 0 Å². The zero-order valence-electron chi connectivity index (χ0n) is 27.3. The summed E-state index contributed by atoms with van der Waals surface area (Å²) in [6, 6.07) is 0. The summed E-state index contributed by atoms with van der Waals surface area (Å²) < 4.78 is 0. The van der Waals surface area contributed by atoms with Gasteiger partial charge in [-0.05, 0) is 116 Å². The highest BCUT2D eigenvalue weighted by molar-refractivity contribution is 5.00. The molecule has 0 amide bonds. The Labute approximate surface area is 257 Å². The second-order valence-corrected chi connectivity index (χ2v) is 10.9. The predicted octanol–water partition coefficient (Wildman–Crippen LogP) is 12.9. The number of rotatable bonds is 30. The van der Waals surface area contributed by atoms with E-state index in [0.717, 1.165) is 51.6 Å². The summed E-state index contributed by atoms with van der Waals surface area (Å²) in [5.41, 5.74) is 0. The average molecular weight is 562 g/mol. The van der Waals surface area contributed by atoms with Gasteiger partial charge < -0.3 is 5.32 Å². The fraction of sp³-hybridized carbons (Fsp3) is 0.600. The Morgan fingerprint density at radius 1 is 0.293 bits per heavy atom. The minimum atomic E-state index is 1.05. The highest BCUT2D eigenvalue weighted by atomic mass is 14.8. The highest BCUT2D eigenvalue weighted by Gasteiger charge is 1.89. The van der Waals surface area contributed by atoms with Gasteiger partial charge in [-0.1, -0.05) is 137 Å². The van der Waals surface area contributed by atoms with E-state index < -0.39 is 0 Å². The SMILES string of the molecule is CCCCCC=CCC=CCC=CCC=CCCCCNCCCCC=CCC=CCC=CCC=CCCCCC. The second kappa shape index (κ2) is 37.9. The van der Waals surface area contributed by atoms with Gasteiger partial charge >= 0.3 is 0 Å². The molecule has 0 radical (unpaired) electrons. The summed E-state index contributed by atoms with van der Waals surface area (Å²) in [4.78, 5) is 0. The molecule has 0 heterocycles. The molecule has 1 heteroatoms. The number of hydrogen-bond acceptors (Lipinski definition) is 1. The topological polar surface area (TPSA) is 12.0 Å². The van der Waals surface area contributed by atoms with Crippen molar-refractivity contribution in [1.82, 2.24) is 5.32 Å². The molecule has 0 aromatic heterocycles. The molecule has 41 heavy (non-hydrogen) atoms. The smallest absolute Gasteiger partial charge is 0.00488 e. The lowest BCUT2D eigenvalue weighted by atomic mass is 10.2. The summed E-state index contributed by atoms with van der Waals surface area (Å²) in [6.45, 7) is 6.82. The van der Waals surface area contributed by atoms with Gasteiger partial charge in [0.2, 0.25) is 0 Å². The van der Waals surface area contributed by atoms with Crippen LogP contribution in [0.25, 0.3) is 0 Å². The van der Waals surface area contributed by atoms with Gasteiger partial charge in [0.05, 0.1) is 0 Å². The van der Waals surface area contributed by atoms with Gasteiger partial charge in [0.15, 0.2) is 0 Å². The fourth-order valence-electron chi connectivity index (χ4n) is 4.27. The molecule has 0 fully saturated rings. The van der Waals surface area contributed by atoms with E-state index in [0.29, 0.717) is 0 Å². The van der Waals surface area contributed by atoms with Crippen molar-refractivity contribution in [2.75, 3.05) is 13.1 Å². The molecule has 1 nitrogen and oxygen atoms in total. The maximum atomic E-state index is 3.60. The molecule has 0 aliphatic heterocycles. The van der Waals surface area contributed by atoms with Crippen LogP contribution < -0.4 is 5.32 Å². The monoisotopic (exact) mass is 562 g/mol. The Morgan fingerprint density at radius 2 is 0.537 bits per heavy atom. The maximum Gasteiger partial charge on any atom is -0.00488 e. The van der Waals surface area contributed by atoms with E-state index in [-0.39, 0.29) is 0 Å². The Bertz CT molecular complexity index is 666. The van der Waals surface area contributed by atoms with E-state index in [1.807, 2.05) is 0 Å². The van der Waals surface area contributed by atoms with E-state index in [4.69, 9.17) is 0 Å². The molecule has 0 saturated carbocycles. The van der Waals surface area contributed by atoms with Crippen molar-refractivity contribution in [3.05, 3.63) is 97.2 Å². The van der Waals surface area contributed by atoms with Gasteiger partial charge in [0, 0.05) is 0 Å². The summed E-state index contributed by atoms with van der Waals surface area (Å²) in [5, 5.41) is 3.60. The van der Waals surface area contributed by atoms with Crippen LogP contribution in [-0.2, 0) is 0 Å². The molecule has 0 aliphatic carbocycles. The first-order valence-electron chi connectivity index (χ1n) is 17.3. The largest absolute Gasteiger partial charge is 0.317 e. The highest BCUT2D eigenvalue weighted by Crippen LogP contribution is 2.03. The van der Waals surface area contributed by atoms with Gasteiger partial charge in [-0.2, -0.15) is 0 Å². The molecule has 0 atom stereocenters. The van der Waals surface area contributed by atoms with E-state index in [1.54, 1.807) is 0 Å². The third-order valence-electron chi connectivity index (χ3n) is 6.86. The minimum Gasteiger partial charge on any atom is -0.317 e. The third kappa shape index (κ3) is 37.9. The van der Waals surface area contributed by atoms with Crippen LogP contribution in [0.2, 0.25) is 0 Å². The second-order valence-electron chi connectivity index (χ2n) is 10.9. The predicted molar refractivity (Wildman–Crippen MR) is 190 cm³/mol. The first kappa shape index (κ1) is 38.9. The molecule has 0 rings (SSSR count). The first-order chi connectivity index (χ1) is 20.4. The van der Waals surface area contributed by atoms with Crippen LogP contribution in [0, 0.1) is 0 Å². The zero-order chi connectivity index (χ0) is 29.6. The van der Waals surface area contributed by atoms with Gasteiger partial charge in [-0.25, -0.2) is 0 Å². The van der Waals surface area contributed by atoms with Gasteiger partial charge in [-0.15, -0.1) is 0 Å². The molecule has 0 spiro atoms. The van der Waals surface area contributed by atoms with Gasteiger partial charge in [0.1, 0.15) is 0 Å². The van der Waals surface area contributed by atoms with Crippen molar-refractivity contribution in [1.29, 1.82) is 0 Å². The van der Waals surface area contributed by atoms with E-state index >= 15 is 0 Å². The van der Waals surface area contributed by atoms with Crippen LogP contribution >= 0.6 is 0 Å². The van der Waals surface area contributed by atoms with Crippen LogP contribution in [0.5, 0.6) is 0 Å². The first-order valence-corrected chi connectivity index (χ1v) is 17.3. The summed E-state index contributed by atoms with van der Waals surface area (Å²) in [6.07, 6.45) is 61.1. The lowest BCUT2D eigenvalue weighted by Gasteiger charge is -2.03. The number of nitrogens with one attached hydrogen (secondary N) is 1. The standard InChI is InChI=1S/C40H67N/c1-3-5-7-9-11-13-15-17-19-21-23-25-27-29-31-33-35-37-39-41-40-38-36-34-32-30-28-26-24-22-20-18-16-14-12-10-8-6-4-2/h11-14,17-20,23-26,29-32,41H,3-10,15-16,21-22,27-28,33-40H2,1-2H3. The molecular weight excluding hydrogens is 494 g/mol. The molecule has 1 N–H and O–H groups in total. The van der Waals surface area contributed by atoms with Gasteiger partial charge in [-0.3, -0.25) is 0 Å². The molecule has 0 saturated heterocycles. The van der Waals surface area contributed by atoms with Crippen molar-refractivity contribution in [3.63, 3.8) is 0 Å². The van der Waals surface area contributed by atoms with Crippen molar-refractivity contribution in [2.45, 2.75) is 142 Å². The Balaban J connectivity index is 3.37. The molecule has 0 bridgehead atoms. The quantitative estimate of drug-likeness (QED) is 0.0679. The Kier molecular flexibility index (Phi) is 35.9. The van der Waals surface area contributed by atoms with Crippen molar-refractivity contribution in [3.8, 4) is 0 Å². The van der Waals surface area contributed by atoms with E-state index in [2.05, 4.69) is 116 Å². The third-order valence-corrected chi connectivity index (χ3v) is 6.86. The normalized spacial score (nSPS) is 13.1. The number of hydrogen-bond donors (Lipinski definition) is 1. The molecule has 0 aliphatic rings. The maximum absolute atomic E-state index is 3.60. The number of unbranched alkanes of at least 4 members (excludes halogenated alkanes) is 10. The summed E-state index contributed by atoms with van der Waals surface area (Å²) in [5.74, 6) is 0. The fourth-order valence-corrected chi connectivity index (χ4v) is 4.27. The van der Waals surface area contributed by atoms with Crippen molar-refractivity contribution < 1.29 is 0 Å². The van der Waals surface area contributed by atoms with Crippen LogP contribution in [0.4, 0.5) is 0 Å². The number of allylic oxidation sites excluding steroid dienone is 16. The molecule has 232 valence electrons. The molecule has 0 aromatic carbocycles. The lowest BCUT2D eigenvalue weighted by Crippen LogP contribution is -2.16. The van der Waals surface area contributed by atoms with E-state index in [9.17, 15) is 0 Å². The Hall–Kier alpha value is -2.12. The lowest BCUT2D eigenvalue weighted by molar-refractivity contribution is 0.594. The van der Waals surface area contributed by atoms with Gasteiger partial charge in [0.25, 0.3) is 0 Å². The summed E-state index contributed by atoms with van der Waals surface area (Å²) >= 11 is 0. The van der Waals surface area contributed by atoms with E-state index in [1.165, 1.54) is 89.9 Å². The molecule has 0 aromatic rings. The van der Waals surface area contributed by atoms with Crippen LogP contribution in [0.3, 0.4) is 0 Å². The average Bonchev–Trinajstić information content (AvgIpc) is 2.98.